The molecule has 0 spiro atoms. The monoisotopic (exact) mass is 499 g/mol. The number of nitrogens with two attached hydrogens (primary N) is 1. The van der Waals surface area contributed by atoms with Gasteiger partial charge in [0.1, 0.15) is 14.8 Å². The minimum atomic E-state index is -3.54. The van der Waals surface area contributed by atoms with Crippen molar-refractivity contribution in [2.24, 2.45) is 9.50 Å². The molecule has 2 amide bonds. The van der Waals surface area contributed by atoms with Gasteiger partial charge in [0.05, 0.1) is 17.6 Å². The summed E-state index contributed by atoms with van der Waals surface area (Å²) >= 11 is 0.978. The van der Waals surface area contributed by atoms with Crippen LogP contribution >= 0.6 is 11.3 Å². The topological polar surface area (TPSA) is 131 Å². The molecule has 2 heterocycles. The van der Waals surface area contributed by atoms with Gasteiger partial charge in [0.25, 0.3) is 0 Å². The Hall–Kier alpha value is -2.66. The number of fused-ring (bicyclic) bond motifs is 1. The van der Waals surface area contributed by atoms with Crippen molar-refractivity contribution in [3.8, 4) is 11.3 Å². The van der Waals surface area contributed by atoms with E-state index in [0.717, 1.165) is 58.7 Å². The quantitative estimate of drug-likeness (QED) is 0.456. The van der Waals surface area contributed by atoms with Gasteiger partial charge in [-0.25, -0.2) is 19.1 Å². The van der Waals surface area contributed by atoms with E-state index in [-0.39, 0.29) is 10.1 Å². The van der Waals surface area contributed by atoms with Crippen molar-refractivity contribution in [1.82, 2.24) is 9.97 Å². The first-order valence-corrected chi connectivity index (χ1v) is 13.5. The fourth-order valence-electron chi connectivity index (χ4n) is 4.09. The number of hydrogen-bond donors (Lipinski definition) is 3. The number of amides is 2. The van der Waals surface area contributed by atoms with Gasteiger partial charge in [0.2, 0.25) is 0 Å². The van der Waals surface area contributed by atoms with Crippen LogP contribution in [-0.2, 0) is 28.4 Å². The summed E-state index contributed by atoms with van der Waals surface area (Å²) in [5.74, 6) is 0.0713. The summed E-state index contributed by atoms with van der Waals surface area (Å²) in [6.45, 7) is 7.25. The second kappa shape index (κ2) is 9.18. The van der Waals surface area contributed by atoms with E-state index in [4.69, 9.17) is 10.1 Å². The number of hydrogen-bond acceptors (Lipinski definition) is 6. The van der Waals surface area contributed by atoms with E-state index in [1.165, 1.54) is 6.20 Å². The summed E-state index contributed by atoms with van der Waals surface area (Å²) in [5.41, 5.74) is 4.15. The Morgan fingerprint density at radius 3 is 2.59 bits per heavy atom. The number of nitrogens with one attached hydrogen (secondary N) is 1. The average Bonchev–Trinajstić information content (AvgIpc) is 3.43. The van der Waals surface area contributed by atoms with Crippen LogP contribution in [0.1, 0.15) is 61.9 Å². The van der Waals surface area contributed by atoms with Crippen molar-refractivity contribution in [2.75, 3.05) is 5.32 Å². The predicted molar refractivity (Wildman–Crippen MR) is 135 cm³/mol. The van der Waals surface area contributed by atoms with Crippen LogP contribution in [0.2, 0.25) is 0 Å². The maximum atomic E-state index is 13.1. The third-order valence-corrected chi connectivity index (χ3v) is 8.82. The molecule has 34 heavy (non-hydrogen) atoms. The molecule has 3 aromatic rings. The van der Waals surface area contributed by atoms with Gasteiger partial charge in [-0.3, -0.25) is 4.98 Å². The molecular formula is C24H29N5O3S2. The van der Waals surface area contributed by atoms with E-state index in [0.29, 0.717) is 10.7 Å². The summed E-state index contributed by atoms with van der Waals surface area (Å²) in [7, 11) is -3.54. The molecule has 1 aromatic carbocycles. The zero-order chi connectivity index (χ0) is 24.7. The summed E-state index contributed by atoms with van der Waals surface area (Å²) in [6, 6.07) is 9.09. The molecule has 0 saturated carbocycles. The van der Waals surface area contributed by atoms with Crippen molar-refractivity contribution in [3.63, 3.8) is 0 Å². The minimum absolute atomic E-state index is 0.0713. The fraction of sp³-hybridized carbons (Fsp3) is 0.375. The zero-order valence-electron chi connectivity index (χ0n) is 19.7. The number of aliphatic hydroxyl groups is 1. The van der Waals surface area contributed by atoms with Crippen molar-refractivity contribution in [1.29, 1.82) is 0 Å². The lowest BCUT2D eigenvalue weighted by Gasteiger charge is -2.21. The molecule has 0 unspecified atom stereocenters. The molecule has 10 heteroatoms. The molecule has 8 nitrogen and oxygen atoms in total. The maximum absolute atomic E-state index is 13.1. The standard InChI is InChI=1S/C24H29N5O3S2/c1-14(2)19-20(15-9-6-5-7-10-15)27-17-12-8-11-16(17)21(19)28-23(30)29-34(25,32)18-13-26-22(33-18)24(3,4)31/h5-7,9-10,13-14,31H,8,11-12H2,1-4H3,(H3,25,27,28,29,30,32)/t34-/m1/s1. The van der Waals surface area contributed by atoms with Gasteiger partial charge >= 0.3 is 6.03 Å². The number of pyridine rings is 1. The first kappa shape index (κ1) is 24.5. The third kappa shape index (κ3) is 4.90. The van der Waals surface area contributed by atoms with Crippen LogP contribution in [0.5, 0.6) is 0 Å². The van der Waals surface area contributed by atoms with Crippen molar-refractivity contribution >= 4 is 33.0 Å². The van der Waals surface area contributed by atoms with Crippen molar-refractivity contribution < 1.29 is 14.1 Å². The number of aryl methyl sites for hydroxylation is 1. The maximum Gasteiger partial charge on any atom is 0.354 e. The molecule has 0 aliphatic heterocycles. The van der Waals surface area contributed by atoms with Gasteiger partial charge in [-0.1, -0.05) is 44.2 Å². The molecule has 0 bridgehead atoms. The molecule has 4 rings (SSSR count). The van der Waals surface area contributed by atoms with Crippen LogP contribution < -0.4 is 10.5 Å². The number of rotatable bonds is 5. The molecule has 0 fully saturated rings. The van der Waals surface area contributed by atoms with Gasteiger partial charge in [-0.2, -0.15) is 0 Å². The second-order valence-electron chi connectivity index (χ2n) is 9.18. The lowest BCUT2D eigenvalue weighted by atomic mass is 9.92. The molecule has 1 aliphatic rings. The first-order chi connectivity index (χ1) is 16.0. The van der Waals surface area contributed by atoms with E-state index >= 15 is 0 Å². The summed E-state index contributed by atoms with van der Waals surface area (Å²) in [6.07, 6.45) is 3.89. The van der Waals surface area contributed by atoms with Crippen LogP contribution in [0.15, 0.2) is 45.1 Å². The van der Waals surface area contributed by atoms with Crippen LogP contribution in [0.4, 0.5) is 10.5 Å². The zero-order valence-corrected chi connectivity index (χ0v) is 21.3. The summed E-state index contributed by atoms with van der Waals surface area (Å²) in [4.78, 5) is 22.1. The number of carbonyl (C=O) groups is 1. The number of anilines is 1. The molecule has 2 aromatic heterocycles. The molecule has 1 aliphatic carbocycles. The third-order valence-electron chi connectivity index (χ3n) is 5.63. The Kier molecular flexibility index (Phi) is 6.61. The molecule has 0 radical (unpaired) electrons. The van der Waals surface area contributed by atoms with Crippen LogP contribution in [0.25, 0.3) is 11.3 Å². The Labute approximate surface area is 204 Å². The van der Waals surface area contributed by atoms with E-state index in [9.17, 15) is 14.1 Å². The van der Waals surface area contributed by atoms with Gasteiger partial charge in [-0.05, 0) is 44.6 Å². The van der Waals surface area contributed by atoms with E-state index in [2.05, 4.69) is 28.5 Å². The van der Waals surface area contributed by atoms with Gasteiger partial charge in [0.15, 0.2) is 9.92 Å². The first-order valence-electron chi connectivity index (χ1n) is 11.1. The largest absolute Gasteiger partial charge is 0.383 e. The fourth-order valence-corrected chi connectivity index (χ4v) is 6.16. The Morgan fingerprint density at radius 1 is 1.26 bits per heavy atom. The van der Waals surface area contributed by atoms with Gasteiger partial charge in [0, 0.05) is 16.8 Å². The Morgan fingerprint density at radius 2 is 1.97 bits per heavy atom. The minimum Gasteiger partial charge on any atom is -0.383 e. The SMILES string of the molecule is CC(C)c1c(-c2ccccc2)nc2c(c1NC(=O)N=[S@@](N)(=O)c1cnc(C(C)(C)O)s1)CCC2. The molecule has 1 atom stereocenters. The lowest BCUT2D eigenvalue weighted by molar-refractivity contribution is 0.0783. The number of carbonyl (C=O) groups excluding carboxylic acids is 1. The normalized spacial score (nSPS) is 15.1. The molecule has 180 valence electrons. The van der Waals surface area contributed by atoms with Crippen molar-refractivity contribution in [2.45, 2.75) is 62.7 Å². The number of benzene rings is 1. The smallest absolute Gasteiger partial charge is 0.354 e. The summed E-state index contributed by atoms with van der Waals surface area (Å²) in [5, 5.41) is 19.3. The van der Waals surface area contributed by atoms with E-state index in [1.807, 2.05) is 30.3 Å². The highest BCUT2D eigenvalue weighted by molar-refractivity contribution is 7.93. The number of urea groups is 1. The number of aromatic nitrogens is 2. The van der Waals surface area contributed by atoms with Crippen LogP contribution in [0, 0.1) is 0 Å². The average molecular weight is 500 g/mol. The number of nitrogens with zero attached hydrogens (tertiary/aromatic N) is 3. The molecule has 4 N–H and O–H groups in total. The number of thiazole rings is 1. The van der Waals surface area contributed by atoms with Gasteiger partial charge < -0.3 is 10.4 Å². The Bertz CT molecular complexity index is 1350. The molecule has 0 saturated heterocycles. The highest BCUT2D eigenvalue weighted by atomic mass is 32.2. The second-order valence-corrected chi connectivity index (χ2v) is 12.2. The predicted octanol–water partition coefficient (Wildman–Crippen LogP) is 4.98. The highest BCUT2D eigenvalue weighted by Crippen LogP contribution is 2.40. The van der Waals surface area contributed by atoms with Crippen LogP contribution in [-0.4, -0.2) is 25.3 Å². The Balaban J connectivity index is 1.76. The molecular weight excluding hydrogens is 470 g/mol. The van der Waals surface area contributed by atoms with Crippen molar-refractivity contribution in [3.05, 3.63) is 58.4 Å². The van der Waals surface area contributed by atoms with E-state index in [1.54, 1.807) is 13.8 Å². The van der Waals surface area contributed by atoms with Crippen LogP contribution in [0.3, 0.4) is 0 Å². The highest BCUT2D eigenvalue weighted by Gasteiger charge is 2.27. The van der Waals surface area contributed by atoms with E-state index < -0.39 is 21.5 Å². The lowest BCUT2D eigenvalue weighted by Crippen LogP contribution is -2.19. The summed E-state index contributed by atoms with van der Waals surface area (Å²) < 4.78 is 17.1. The van der Waals surface area contributed by atoms with Gasteiger partial charge in [-0.15, -0.1) is 15.7 Å².